The highest BCUT2D eigenvalue weighted by Crippen LogP contribution is 2.34. The van der Waals surface area contributed by atoms with Crippen LogP contribution in [-0.4, -0.2) is 64.7 Å². The lowest BCUT2D eigenvalue weighted by Crippen LogP contribution is -2.56. The molecule has 200 valence electrons. The molecule has 0 saturated carbocycles. The van der Waals surface area contributed by atoms with Gasteiger partial charge in [-0.05, 0) is 88.5 Å². The van der Waals surface area contributed by atoms with Gasteiger partial charge in [-0.3, -0.25) is 14.7 Å². The minimum absolute atomic E-state index is 0.0757. The van der Waals surface area contributed by atoms with Crippen LogP contribution in [0.3, 0.4) is 0 Å². The van der Waals surface area contributed by atoms with Gasteiger partial charge < -0.3 is 9.74 Å². The molecule has 2 aromatic carbocycles. The van der Waals surface area contributed by atoms with Crippen molar-refractivity contribution in [2.24, 2.45) is 11.1 Å². The minimum Gasteiger partial charge on any atom is -0.396 e. The highest BCUT2D eigenvalue weighted by Gasteiger charge is 2.39. The fourth-order valence-electron chi connectivity index (χ4n) is 5.80. The van der Waals surface area contributed by atoms with Crippen LogP contribution < -0.4 is 0 Å². The Labute approximate surface area is 238 Å². The van der Waals surface area contributed by atoms with Gasteiger partial charge >= 0.3 is 0 Å². The molecule has 38 heavy (non-hydrogen) atoms. The number of hydrogen-bond donors (Lipinski definition) is 0. The first kappa shape index (κ1) is 27.1. The predicted octanol–water partition coefficient (Wildman–Crippen LogP) is 6.80. The number of rotatable bonds is 6. The van der Waals surface area contributed by atoms with Gasteiger partial charge in [-0.2, -0.15) is 0 Å². The molecule has 0 atom stereocenters. The molecule has 2 fully saturated rings. The largest absolute Gasteiger partial charge is 0.396 e. The third-order valence-electron chi connectivity index (χ3n) is 8.14. The maximum absolute atomic E-state index is 13.5. The third-order valence-corrected chi connectivity index (χ3v) is 8.90. The summed E-state index contributed by atoms with van der Waals surface area (Å²) >= 11 is 9.67. The number of pyridine rings is 1. The number of benzene rings is 2. The molecule has 0 radical (unpaired) electrons. The smallest absolute Gasteiger partial charge is 0.254 e. The summed E-state index contributed by atoms with van der Waals surface area (Å²) in [6.07, 6.45) is 5.72. The lowest BCUT2D eigenvalue weighted by Gasteiger charge is -2.49. The summed E-state index contributed by atoms with van der Waals surface area (Å²) in [7, 11) is 0. The summed E-state index contributed by atoms with van der Waals surface area (Å²) in [4.78, 5) is 28.0. The molecular formula is C30H34BrClN4O2. The molecule has 2 aliphatic heterocycles. The molecule has 0 N–H and O–H groups in total. The summed E-state index contributed by atoms with van der Waals surface area (Å²) in [6, 6.07) is 15.7. The van der Waals surface area contributed by atoms with Crippen LogP contribution in [0, 0.1) is 5.92 Å². The molecule has 2 aliphatic rings. The minimum atomic E-state index is 0.0757. The van der Waals surface area contributed by atoms with Crippen LogP contribution in [0.4, 0.5) is 0 Å². The first-order chi connectivity index (χ1) is 18.4. The summed E-state index contributed by atoms with van der Waals surface area (Å²) in [5, 5.41) is 6.01. The molecule has 1 aromatic heterocycles. The van der Waals surface area contributed by atoms with Crippen LogP contribution in [0.15, 0.2) is 64.4 Å². The fraction of sp³-hybridized carbons (Fsp3) is 0.433. The van der Waals surface area contributed by atoms with E-state index >= 15 is 0 Å². The SMILES string of the molecule is CCON=C(c1ccc(Br)cc1)C1CCN(C2(C)CCN(C(=O)c3ccnc4cc(Cl)ccc34)CC2)CC1. The van der Waals surface area contributed by atoms with Crippen molar-refractivity contribution in [3.05, 3.63) is 75.4 Å². The Bertz CT molecular complexity index is 1310. The van der Waals surface area contributed by atoms with Crippen molar-refractivity contribution in [2.75, 3.05) is 32.8 Å². The van der Waals surface area contributed by atoms with Gasteiger partial charge in [0.2, 0.25) is 0 Å². The van der Waals surface area contributed by atoms with Crippen molar-refractivity contribution < 1.29 is 9.63 Å². The average Bonchev–Trinajstić information content (AvgIpc) is 2.94. The second kappa shape index (κ2) is 11.7. The van der Waals surface area contributed by atoms with Gasteiger partial charge in [-0.1, -0.05) is 50.9 Å². The number of fused-ring (bicyclic) bond motifs is 1. The normalized spacial score (nSPS) is 19.1. The molecule has 6 nitrogen and oxygen atoms in total. The Morgan fingerprint density at radius 2 is 1.82 bits per heavy atom. The molecule has 8 heteroatoms. The lowest BCUT2D eigenvalue weighted by atomic mass is 9.82. The van der Waals surface area contributed by atoms with Crippen LogP contribution in [-0.2, 0) is 4.84 Å². The number of carbonyl (C=O) groups is 1. The molecule has 0 unspecified atom stereocenters. The van der Waals surface area contributed by atoms with E-state index in [1.54, 1.807) is 6.20 Å². The van der Waals surface area contributed by atoms with Gasteiger partial charge in [0.15, 0.2) is 0 Å². The van der Waals surface area contributed by atoms with Gasteiger partial charge in [0.25, 0.3) is 5.91 Å². The van der Waals surface area contributed by atoms with E-state index in [0.29, 0.717) is 23.1 Å². The number of carbonyl (C=O) groups excluding carboxylic acids is 1. The zero-order valence-electron chi connectivity index (χ0n) is 22.0. The van der Waals surface area contributed by atoms with Gasteiger partial charge in [-0.15, -0.1) is 0 Å². The average molecular weight is 598 g/mol. The standard InChI is InChI=1S/C30H34BrClN4O2/c1-3-38-34-28(21-4-6-23(31)7-5-21)22-11-16-36(17-12-22)30(2)13-18-35(19-14-30)29(37)26-10-15-33-27-20-24(32)8-9-25(26)27/h4-10,15,20,22H,3,11-14,16-19H2,1-2H3. The topological polar surface area (TPSA) is 58.0 Å². The summed E-state index contributed by atoms with van der Waals surface area (Å²) in [5.41, 5.74) is 3.72. The first-order valence-corrected chi connectivity index (χ1v) is 14.6. The molecule has 3 heterocycles. The highest BCUT2D eigenvalue weighted by molar-refractivity contribution is 9.10. The number of aromatic nitrogens is 1. The van der Waals surface area contributed by atoms with E-state index in [9.17, 15) is 4.79 Å². The van der Waals surface area contributed by atoms with Crippen LogP contribution in [0.1, 0.15) is 55.5 Å². The van der Waals surface area contributed by atoms with Gasteiger partial charge in [0.1, 0.15) is 6.61 Å². The summed E-state index contributed by atoms with van der Waals surface area (Å²) in [5.74, 6) is 0.449. The molecule has 1 amide bonds. The quantitative estimate of drug-likeness (QED) is 0.232. The lowest BCUT2D eigenvalue weighted by molar-refractivity contribution is 0.0162. The van der Waals surface area contributed by atoms with Crippen molar-refractivity contribution in [3.63, 3.8) is 0 Å². The van der Waals surface area contributed by atoms with E-state index in [4.69, 9.17) is 16.4 Å². The summed E-state index contributed by atoms with van der Waals surface area (Å²) in [6.45, 7) is 8.44. The monoisotopic (exact) mass is 596 g/mol. The second-order valence-corrected chi connectivity index (χ2v) is 11.8. The van der Waals surface area contributed by atoms with Crippen molar-refractivity contribution in [1.29, 1.82) is 0 Å². The number of amides is 1. The number of piperidine rings is 2. The Balaban J connectivity index is 1.22. The van der Waals surface area contributed by atoms with Crippen molar-refractivity contribution in [1.82, 2.24) is 14.8 Å². The Hall–Kier alpha value is -2.48. The van der Waals surface area contributed by atoms with Crippen LogP contribution in [0.25, 0.3) is 10.9 Å². The van der Waals surface area contributed by atoms with Gasteiger partial charge in [-0.25, -0.2) is 0 Å². The van der Waals surface area contributed by atoms with E-state index in [2.05, 4.69) is 62.2 Å². The Morgan fingerprint density at radius 1 is 1.11 bits per heavy atom. The van der Waals surface area contributed by atoms with Crippen molar-refractivity contribution >= 4 is 50.1 Å². The maximum Gasteiger partial charge on any atom is 0.254 e. The molecule has 5 rings (SSSR count). The molecule has 0 aliphatic carbocycles. The zero-order valence-corrected chi connectivity index (χ0v) is 24.3. The van der Waals surface area contributed by atoms with Crippen molar-refractivity contribution in [2.45, 2.75) is 45.1 Å². The van der Waals surface area contributed by atoms with Gasteiger partial charge in [0, 0.05) is 45.6 Å². The molecular weight excluding hydrogens is 564 g/mol. The molecule has 0 spiro atoms. The van der Waals surface area contributed by atoms with Crippen LogP contribution >= 0.6 is 27.5 Å². The van der Waals surface area contributed by atoms with E-state index in [1.807, 2.05) is 36.1 Å². The first-order valence-electron chi connectivity index (χ1n) is 13.4. The number of oxime groups is 1. The summed E-state index contributed by atoms with van der Waals surface area (Å²) < 4.78 is 1.06. The second-order valence-electron chi connectivity index (χ2n) is 10.5. The Morgan fingerprint density at radius 3 is 2.50 bits per heavy atom. The van der Waals surface area contributed by atoms with E-state index in [1.165, 1.54) is 0 Å². The third kappa shape index (κ3) is 5.75. The van der Waals surface area contributed by atoms with E-state index < -0.39 is 0 Å². The Kier molecular flexibility index (Phi) is 8.36. The number of likely N-dealkylation sites (tertiary alicyclic amines) is 2. The molecule has 2 saturated heterocycles. The highest BCUT2D eigenvalue weighted by atomic mass is 79.9. The molecule has 3 aromatic rings. The number of hydrogen-bond acceptors (Lipinski definition) is 5. The van der Waals surface area contributed by atoms with E-state index in [0.717, 1.165) is 78.5 Å². The van der Waals surface area contributed by atoms with Gasteiger partial charge in [0.05, 0.1) is 16.8 Å². The number of halogens is 2. The number of nitrogens with zero attached hydrogens (tertiary/aromatic N) is 4. The van der Waals surface area contributed by atoms with Crippen LogP contribution in [0.2, 0.25) is 5.02 Å². The van der Waals surface area contributed by atoms with Crippen LogP contribution in [0.5, 0.6) is 0 Å². The fourth-order valence-corrected chi connectivity index (χ4v) is 6.23. The molecule has 0 bridgehead atoms. The van der Waals surface area contributed by atoms with E-state index in [-0.39, 0.29) is 11.4 Å². The van der Waals surface area contributed by atoms with Crippen molar-refractivity contribution in [3.8, 4) is 0 Å². The predicted molar refractivity (Wildman–Crippen MR) is 157 cm³/mol. The maximum atomic E-state index is 13.5. The zero-order chi connectivity index (χ0) is 26.7.